The smallest absolute Gasteiger partial charge is 0.123 e. The molecular formula is C28H33FN2O. The van der Waals surface area contributed by atoms with Gasteiger partial charge in [0.1, 0.15) is 11.9 Å². The predicted octanol–water partition coefficient (Wildman–Crippen LogP) is 5.18. The van der Waals surface area contributed by atoms with Crippen LogP contribution in [0.4, 0.5) is 4.39 Å². The zero-order valence-electron chi connectivity index (χ0n) is 18.7. The lowest BCUT2D eigenvalue weighted by Crippen LogP contribution is -2.47. The molecule has 3 aromatic rings. The first-order valence-electron chi connectivity index (χ1n) is 11.7. The highest BCUT2D eigenvalue weighted by molar-refractivity contribution is 5.30. The van der Waals surface area contributed by atoms with Crippen molar-refractivity contribution in [2.75, 3.05) is 45.9 Å². The van der Waals surface area contributed by atoms with Crippen LogP contribution < -0.4 is 0 Å². The minimum absolute atomic E-state index is 0.170. The van der Waals surface area contributed by atoms with E-state index in [1.54, 1.807) is 0 Å². The summed E-state index contributed by atoms with van der Waals surface area (Å²) in [5.74, 6) is -0.220. The number of hydrogen-bond acceptors (Lipinski definition) is 3. The molecule has 0 N–H and O–H groups in total. The molecule has 4 heteroatoms. The predicted molar refractivity (Wildman–Crippen MR) is 128 cm³/mol. The molecule has 1 aliphatic rings. The van der Waals surface area contributed by atoms with Crippen LogP contribution in [0.1, 0.15) is 29.2 Å². The molecule has 0 amide bonds. The van der Waals surface area contributed by atoms with Gasteiger partial charge in [-0.25, -0.2) is 4.39 Å². The van der Waals surface area contributed by atoms with Crippen LogP contribution in [-0.4, -0.2) is 55.7 Å². The fourth-order valence-corrected chi connectivity index (χ4v) is 4.34. The Morgan fingerprint density at radius 3 is 1.91 bits per heavy atom. The van der Waals surface area contributed by atoms with Crippen LogP contribution in [-0.2, 0) is 11.2 Å². The Labute approximate surface area is 191 Å². The molecule has 0 aliphatic carbocycles. The number of rotatable bonds is 10. The summed E-state index contributed by atoms with van der Waals surface area (Å²) < 4.78 is 19.7. The molecule has 3 nitrogen and oxygen atoms in total. The fourth-order valence-electron chi connectivity index (χ4n) is 4.34. The first-order valence-corrected chi connectivity index (χ1v) is 11.7. The lowest BCUT2D eigenvalue weighted by atomic mass is 10.0. The summed E-state index contributed by atoms with van der Waals surface area (Å²) in [6.45, 7) is 7.15. The van der Waals surface area contributed by atoms with Crippen molar-refractivity contribution in [3.8, 4) is 0 Å². The molecule has 1 heterocycles. The van der Waals surface area contributed by atoms with Crippen molar-refractivity contribution in [1.29, 1.82) is 0 Å². The van der Waals surface area contributed by atoms with Gasteiger partial charge in [-0.3, -0.25) is 4.90 Å². The molecule has 3 aromatic carbocycles. The molecule has 1 fully saturated rings. The van der Waals surface area contributed by atoms with Crippen molar-refractivity contribution >= 4 is 0 Å². The maximum absolute atomic E-state index is 13.4. The maximum Gasteiger partial charge on any atom is 0.123 e. The third-order valence-corrected chi connectivity index (χ3v) is 6.21. The first kappa shape index (κ1) is 22.7. The van der Waals surface area contributed by atoms with Crippen molar-refractivity contribution in [2.45, 2.75) is 18.9 Å². The summed E-state index contributed by atoms with van der Waals surface area (Å²) in [4.78, 5) is 5.06. The molecule has 0 aromatic heterocycles. The van der Waals surface area contributed by atoms with Crippen molar-refractivity contribution in [2.24, 2.45) is 0 Å². The van der Waals surface area contributed by atoms with E-state index in [1.165, 1.54) is 30.7 Å². The minimum atomic E-state index is -0.220. The molecule has 4 rings (SSSR count). The molecule has 168 valence electrons. The van der Waals surface area contributed by atoms with Gasteiger partial charge < -0.3 is 9.64 Å². The number of hydrogen-bond donors (Lipinski definition) is 0. The topological polar surface area (TPSA) is 15.7 Å². The lowest BCUT2D eigenvalue weighted by molar-refractivity contribution is 0.0451. The highest BCUT2D eigenvalue weighted by Gasteiger charge is 2.18. The van der Waals surface area contributed by atoms with E-state index in [-0.39, 0.29) is 11.9 Å². The second-order valence-electron chi connectivity index (χ2n) is 8.49. The Balaban J connectivity index is 1.21. The summed E-state index contributed by atoms with van der Waals surface area (Å²) in [6.07, 6.45) is 2.19. The van der Waals surface area contributed by atoms with Gasteiger partial charge in [0.15, 0.2) is 0 Å². The van der Waals surface area contributed by atoms with Crippen molar-refractivity contribution in [1.82, 2.24) is 9.80 Å². The zero-order chi connectivity index (χ0) is 22.0. The van der Waals surface area contributed by atoms with E-state index in [4.69, 9.17) is 4.74 Å². The molecular weight excluding hydrogens is 399 g/mol. The van der Waals surface area contributed by atoms with E-state index in [0.717, 1.165) is 50.3 Å². The molecule has 1 atom stereocenters. The molecule has 32 heavy (non-hydrogen) atoms. The summed E-state index contributed by atoms with van der Waals surface area (Å²) in [5, 5.41) is 0. The first-order chi connectivity index (χ1) is 15.8. The minimum Gasteiger partial charge on any atom is -0.367 e. The standard InChI is InChI=1S/C28H33FN2O/c29-27-15-13-26(14-16-27)28(25-11-5-2-6-12-25)32-23-22-31-20-18-30(19-21-31)17-7-10-24-8-3-1-4-9-24/h1-6,8-9,11-16,28H,7,10,17-23H2. The zero-order valence-corrected chi connectivity index (χ0v) is 18.7. The number of halogens is 1. The van der Waals surface area contributed by atoms with E-state index < -0.39 is 0 Å². The van der Waals surface area contributed by atoms with Crippen LogP contribution >= 0.6 is 0 Å². The highest BCUT2D eigenvalue weighted by atomic mass is 19.1. The van der Waals surface area contributed by atoms with Gasteiger partial charge >= 0.3 is 0 Å². The number of aryl methyl sites for hydroxylation is 1. The second-order valence-corrected chi connectivity index (χ2v) is 8.49. The second kappa shape index (κ2) is 11.9. The van der Waals surface area contributed by atoms with Gasteiger partial charge in [-0.05, 0) is 48.2 Å². The molecule has 0 spiro atoms. The van der Waals surface area contributed by atoms with Crippen molar-refractivity contribution < 1.29 is 9.13 Å². The van der Waals surface area contributed by atoms with Crippen LogP contribution in [0, 0.1) is 5.82 Å². The summed E-state index contributed by atoms with van der Waals surface area (Å²) >= 11 is 0. The number of piperazine rings is 1. The average molecular weight is 433 g/mol. The van der Waals surface area contributed by atoms with Crippen LogP contribution in [0.15, 0.2) is 84.9 Å². The number of benzene rings is 3. The van der Waals surface area contributed by atoms with Gasteiger partial charge in [0.05, 0.1) is 6.61 Å². The number of nitrogens with zero attached hydrogens (tertiary/aromatic N) is 2. The van der Waals surface area contributed by atoms with Gasteiger partial charge in [0, 0.05) is 32.7 Å². The summed E-state index contributed by atoms with van der Waals surface area (Å²) in [5.41, 5.74) is 3.51. The van der Waals surface area contributed by atoms with E-state index >= 15 is 0 Å². The Morgan fingerprint density at radius 1 is 0.688 bits per heavy atom. The fraction of sp³-hybridized carbons (Fsp3) is 0.357. The van der Waals surface area contributed by atoms with Crippen LogP contribution in [0.5, 0.6) is 0 Å². The molecule has 1 aliphatic heterocycles. The molecule has 1 saturated heterocycles. The Kier molecular flexibility index (Phi) is 8.43. The Morgan fingerprint density at radius 2 is 1.25 bits per heavy atom. The summed E-state index contributed by atoms with van der Waals surface area (Å²) in [7, 11) is 0. The van der Waals surface area contributed by atoms with E-state index in [2.05, 4.69) is 52.3 Å². The lowest BCUT2D eigenvalue weighted by Gasteiger charge is -2.35. The van der Waals surface area contributed by atoms with E-state index in [0.29, 0.717) is 6.61 Å². The molecule has 0 saturated carbocycles. The van der Waals surface area contributed by atoms with Crippen LogP contribution in [0.25, 0.3) is 0 Å². The SMILES string of the molecule is Fc1ccc(C(OCCN2CCN(CCCc3ccccc3)CC2)c2ccccc2)cc1. The molecule has 1 unspecified atom stereocenters. The van der Waals surface area contributed by atoms with Gasteiger partial charge in [-0.2, -0.15) is 0 Å². The van der Waals surface area contributed by atoms with E-state index in [9.17, 15) is 4.39 Å². The maximum atomic E-state index is 13.4. The molecule has 0 radical (unpaired) electrons. The Hall–Kier alpha value is -2.53. The third kappa shape index (κ3) is 6.73. The van der Waals surface area contributed by atoms with Crippen molar-refractivity contribution in [3.63, 3.8) is 0 Å². The largest absolute Gasteiger partial charge is 0.367 e. The van der Waals surface area contributed by atoms with Gasteiger partial charge in [0.2, 0.25) is 0 Å². The Bertz CT molecular complexity index is 909. The third-order valence-electron chi connectivity index (χ3n) is 6.21. The van der Waals surface area contributed by atoms with Gasteiger partial charge in [-0.1, -0.05) is 72.8 Å². The van der Waals surface area contributed by atoms with Crippen LogP contribution in [0.2, 0.25) is 0 Å². The monoisotopic (exact) mass is 432 g/mol. The van der Waals surface area contributed by atoms with Crippen LogP contribution in [0.3, 0.4) is 0 Å². The van der Waals surface area contributed by atoms with Gasteiger partial charge in [0.25, 0.3) is 0 Å². The normalized spacial score (nSPS) is 16.2. The van der Waals surface area contributed by atoms with E-state index in [1.807, 2.05) is 30.3 Å². The highest BCUT2D eigenvalue weighted by Crippen LogP contribution is 2.26. The summed E-state index contributed by atoms with van der Waals surface area (Å²) in [6, 6.07) is 27.6. The number of ether oxygens (including phenoxy) is 1. The quantitative estimate of drug-likeness (QED) is 0.439. The average Bonchev–Trinajstić information content (AvgIpc) is 2.85. The van der Waals surface area contributed by atoms with Gasteiger partial charge in [-0.15, -0.1) is 0 Å². The molecule has 0 bridgehead atoms. The van der Waals surface area contributed by atoms with Crippen molar-refractivity contribution in [3.05, 3.63) is 107 Å².